The van der Waals surface area contributed by atoms with Crippen LogP contribution in [0.1, 0.15) is 0 Å². The van der Waals surface area contributed by atoms with Crippen molar-refractivity contribution in [2.45, 2.75) is 0 Å². The molecule has 2 rings (SSSR count). The molecule has 0 fully saturated rings. The summed E-state index contributed by atoms with van der Waals surface area (Å²) >= 11 is 0. The molecule has 0 atom stereocenters. The van der Waals surface area contributed by atoms with E-state index in [-0.39, 0.29) is 24.4 Å². The highest BCUT2D eigenvalue weighted by molar-refractivity contribution is 6.44. The fourth-order valence-corrected chi connectivity index (χ4v) is 1.17. The Hall–Kier alpha value is -1.86. The second-order valence-electron chi connectivity index (χ2n) is 2.75. The largest absolute Gasteiger partial charge is 0.433 e. The molecule has 8 heteroatoms. The first-order valence-corrected chi connectivity index (χ1v) is 3.76. The molecule has 2 N–H and O–H groups in total. The standard InChI is InChI=1S/C6H5BFN4O2/c1-12-3-2(4(13)11-6(12)14)9-5(7-8)10-3/h1H3,(H,9,10)(H,11,13,14). The summed E-state index contributed by atoms with van der Waals surface area (Å²) in [5.41, 5.74) is -1.08. The van der Waals surface area contributed by atoms with Crippen molar-refractivity contribution in [3.63, 3.8) is 0 Å². The third kappa shape index (κ3) is 1.07. The predicted octanol–water partition coefficient (Wildman–Crippen LogP) is -1.84. The van der Waals surface area contributed by atoms with Crippen molar-refractivity contribution in [1.82, 2.24) is 19.5 Å². The molecule has 71 valence electrons. The number of aromatic amines is 2. The highest BCUT2D eigenvalue weighted by Gasteiger charge is 2.10. The monoisotopic (exact) mass is 195 g/mol. The van der Waals surface area contributed by atoms with E-state index in [1.165, 1.54) is 7.05 Å². The van der Waals surface area contributed by atoms with Gasteiger partial charge in [-0.15, -0.1) is 0 Å². The van der Waals surface area contributed by atoms with Gasteiger partial charge in [-0.1, -0.05) is 0 Å². The van der Waals surface area contributed by atoms with Crippen LogP contribution in [0.25, 0.3) is 11.2 Å². The van der Waals surface area contributed by atoms with Gasteiger partial charge in [0.1, 0.15) is 11.2 Å². The summed E-state index contributed by atoms with van der Waals surface area (Å²) < 4.78 is 13.2. The molecule has 0 amide bonds. The Morgan fingerprint density at radius 3 is 2.79 bits per heavy atom. The summed E-state index contributed by atoms with van der Waals surface area (Å²) in [5.74, 6) is 0. The molecule has 0 aliphatic rings. The Kier molecular flexibility index (Phi) is 1.76. The first-order valence-electron chi connectivity index (χ1n) is 3.76. The Morgan fingerprint density at radius 1 is 1.43 bits per heavy atom. The number of hydrogen-bond donors (Lipinski definition) is 2. The molecule has 0 bridgehead atoms. The van der Waals surface area contributed by atoms with E-state index in [4.69, 9.17) is 0 Å². The number of nitrogens with zero attached hydrogens (tertiary/aromatic N) is 2. The van der Waals surface area contributed by atoms with E-state index in [0.717, 1.165) is 4.57 Å². The van der Waals surface area contributed by atoms with Crippen LogP contribution in [0, 0.1) is 0 Å². The van der Waals surface area contributed by atoms with Crippen molar-refractivity contribution in [3.05, 3.63) is 20.8 Å². The number of aromatic nitrogens is 4. The van der Waals surface area contributed by atoms with Crippen LogP contribution in [0.3, 0.4) is 0 Å². The lowest BCUT2D eigenvalue weighted by Crippen LogP contribution is -2.28. The number of nitrogens with one attached hydrogen (secondary N) is 2. The maximum atomic E-state index is 12.1. The fraction of sp³-hybridized carbons (Fsp3) is 0.167. The second-order valence-corrected chi connectivity index (χ2v) is 2.75. The number of imidazole rings is 1. The number of rotatable bonds is 1. The zero-order chi connectivity index (χ0) is 10.3. The number of halogens is 1. The Bertz CT molecular complexity index is 598. The summed E-state index contributed by atoms with van der Waals surface area (Å²) in [4.78, 5) is 30.5. The van der Waals surface area contributed by atoms with E-state index in [2.05, 4.69) is 15.0 Å². The van der Waals surface area contributed by atoms with Gasteiger partial charge in [0, 0.05) is 7.05 Å². The molecule has 0 aliphatic heterocycles. The van der Waals surface area contributed by atoms with Crippen LogP contribution in [0.5, 0.6) is 0 Å². The molecule has 0 saturated carbocycles. The first-order chi connectivity index (χ1) is 6.63. The summed E-state index contributed by atoms with van der Waals surface area (Å²) in [5, 5.41) is 0. The van der Waals surface area contributed by atoms with Gasteiger partial charge in [0.25, 0.3) is 5.56 Å². The average molecular weight is 195 g/mol. The molecule has 0 saturated heterocycles. The quantitative estimate of drug-likeness (QED) is 0.524. The van der Waals surface area contributed by atoms with Gasteiger partial charge in [0.15, 0.2) is 5.65 Å². The molecule has 14 heavy (non-hydrogen) atoms. The normalized spacial score (nSPS) is 10.7. The molecule has 2 aromatic heterocycles. The Morgan fingerprint density at radius 2 is 2.14 bits per heavy atom. The molecule has 2 aromatic rings. The number of H-pyrrole nitrogens is 2. The number of aryl methyl sites for hydroxylation is 1. The lowest BCUT2D eigenvalue weighted by Gasteiger charge is -1.94. The van der Waals surface area contributed by atoms with E-state index in [9.17, 15) is 13.9 Å². The number of fused-ring (bicyclic) bond motifs is 1. The third-order valence-corrected chi connectivity index (χ3v) is 1.88. The number of hydrogen-bond acceptors (Lipinski definition) is 3. The van der Waals surface area contributed by atoms with Gasteiger partial charge in [-0.2, -0.15) is 0 Å². The van der Waals surface area contributed by atoms with Crippen molar-refractivity contribution >= 4 is 24.4 Å². The third-order valence-electron chi connectivity index (χ3n) is 1.88. The summed E-state index contributed by atoms with van der Waals surface area (Å²) in [6.07, 6.45) is 0. The van der Waals surface area contributed by atoms with Gasteiger partial charge < -0.3 is 9.30 Å². The van der Waals surface area contributed by atoms with Crippen LogP contribution in [-0.2, 0) is 7.05 Å². The van der Waals surface area contributed by atoms with E-state index in [0.29, 0.717) is 0 Å². The minimum Gasteiger partial charge on any atom is -0.342 e. The van der Waals surface area contributed by atoms with Crippen LogP contribution < -0.4 is 17.0 Å². The van der Waals surface area contributed by atoms with Crippen LogP contribution >= 0.6 is 0 Å². The molecule has 1 radical (unpaired) electrons. The molecule has 2 heterocycles. The highest BCUT2D eigenvalue weighted by atomic mass is 19.1. The van der Waals surface area contributed by atoms with Crippen molar-refractivity contribution in [1.29, 1.82) is 0 Å². The lowest BCUT2D eigenvalue weighted by atomic mass is 10.1. The first kappa shape index (κ1) is 8.73. The molecular weight excluding hydrogens is 190 g/mol. The molecule has 6 nitrogen and oxygen atoms in total. The van der Waals surface area contributed by atoms with E-state index in [1.807, 2.05) is 0 Å². The molecule has 0 unspecified atom stereocenters. The van der Waals surface area contributed by atoms with Crippen molar-refractivity contribution in [2.75, 3.05) is 0 Å². The highest BCUT2D eigenvalue weighted by Crippen LogP contribution is 1.95. The molecule has 0 aliphatic carbocycles. The van der Waals surface area contributed by atoms with Gasteiger partial charge in [0.05, 0.1) is 0 Å². The van der Waals surface area contributed by atoms with Crippen LogP contribution in [0.15, 0.2) is 9.59 Å². The van der Waals surface area contributed by atoms with E-state index >= 15 is 0 Å². The molecular formula is C6H5BFN4O2. The minimum absolute atomic E-state index is 0.0796. The van der Waals surface area contributed by atoms with Gasteiger partial charge in [-0.25, -0.2) is 9.78 Å². The van der Waals surface area contributed by atoms with Gasteiger partial charge >= 0.3 is 13.2 Å². The summed E-state index contributed by atoms with van der Waals surface area (Å²) in [6, 6.07) is 0. The van der Waals surface area contributed by atoms with Gasteiger partial charge in [-0.05, 0) is 0 Å². The minimum atomic E-state index is -0.608. The van der Waals surface area contributed by atoms with Crippen LogP contribution in [-0.4, -0.2) is 27.1 Å². The SMILES string of the molecule is Cn1c(=O)[nH]c(=O)c2[nH]c([B]F)nc21. The van der Waals surface area contributed by atoms with Crippen molar-refractivity contribution < 1.29 is 4.32 Å². The molecule has 0 aromatic carbocycles. The summed E-state index contributed by atoms with van der Waals surface area (Å²) in [7, 11) is 1.66. The van der Waals surface area contributed by atoms with E-state index < -0.39 is 11.2 Å². The van der Waals surface area contributed by atoms with E-state index in [1.54, 1.807) is 0 Å². The summed E-state index contributed by atoms with van der Waals surface area (Å²) in [6.45, 7) is 0. The fourth-order valence-electron chi connectivity index (χ4n) is 1.17. The van der Waals surface area contributed by atoms with Crippen LogP contribution in [0.4, 0.5) is 4.32 Å². The van der Waals surface area contributed by atoms with Crippen LogP contribution in [0.2, 0.25) is 0 Å². The smallest absolute Gasteiger partial charge is 0.342 e. The van der Waals surface area contributed by atoms with Gasteiger partial charge in [0.2, 0.25) is 0 Å². The topological polar surface area (TPSA) is 83.5 Å². The zero-order valence-corrected chi connectivity index (χ0v) is 7.17. The zero-order valence-electron chi connectivity index (χ0n) is 7.17. The lowest BCUT2D eigenvalue weighted by molar-refractivity contribution is 0.832. The Balaban J connectivity index is 2.99. The van der Waals surface area contributed by atoms with Gasteiger partial charge in [-0.3, -0.25) is 14.3 Å². The Labute approximate surface area is 77.1 Å². The second kappa shape index (κ2) is 2.83. The molecule has 0 spiro atoms. The average Bonchev–Trinajstić information content (AvgIpc) is 2.58. The van der Waals surface area contributed by atoms with Crippen molar-refractivity contribution in [3.8, 4) is 0 Å². The van der Waals surface area contributed by atoms with Crippen molar-refractivity contribution in [2.24, 2.45) is 7.05 Å². The maximum Gasteiger partial charge on any atom is 0.433 e. The predicted molar refractivity (Wildman–Crippen MR) is 48.5 cm³/mol. The maximum absolute atomic E-state index is 12.1.